The van der Waals surface area contributed by atoms with E-state index in [1.165, 1.54) is 22.3 Å². The third-order valence-corrected chi connectivity index (χ3v) is 8.83. The summed E-state index contributed by atoms with van der Waals surface area (Å²) in [6.07, 6.45) is 2.98. The monoisotopic (exact) mass is 498 g/mol. The fraction of sp³-hybridized carbons (Fsp3) is 0.455. The van der Waals surface area contributed by atoms with E-state index in [4.69, 9.17) is 4.74 Å². The number of benzene rings is 3. The number of rotatable bonds is 6. The third-order valence-electron chi connectivity index (χ3n) is 8.83. The molecule has 0 bridgehead atoms. The molecule has 1 saturated heterocycles. The van der Waals surface area contributed by atoms with E-state index >= 15 is 0 Å². The van der Waals surface area contributed by atoms with Gasteiger partial charge in [0.05, 0.1) is 6.04 Å². The van der Waals surface area contributed by atoms with Crippen molar-refractivity contribution in [2.45, 2.75) is 65.5 Å². The Kier molecular flexibility index (Phi) is 7.33. The molecule has 0 aliphatic carbocycles. The Morgan fingerprint density at radius 2 is 1.49 bits per heavy atom. The molecule has 0 saturated carbocycles. The minimum absolute atomic E-state index is 0.167. The molecule has 5 rings (SSSR count). The van der Waals surface area contributed by atoms with Crippen molar-refractivity contribution in [1.82, 2.24) is 9.80 Å². The van der Waals surface area contributed by atoms with Crippen LogP contribution in [0.15, 0.2) is 54.6 Å². The lowest BCUT2D eigenvalue weighted by atomic mass is 9.85. The van der Waals surface area contributed by atoms with Gasteiger partial charge in [0.25, 0.3) is 0 Å². The van der Waals surface area contributed by atoms with E-state index in [2.05, 4.69) is 85.2 Å². The van der Waals surface area contributed by atoms with Gasteiger partial charge in [-0.3, -0.25) is 4.90 Å². The largest absolute Gasteiger partial charge is 0.507 e. The molecule has 37 heavy (non-hydrogen) atoms. The molecule has 4 nitrogen and oxygen atoms in total. The normalized spacial score (nSPS) is 21.3. The molecule has 2 heterocycles. The van der Waals surface area contributed by atoms with Gasteiger partial charge < -0.3 is 14.7 Å². The van der Waals surface area contributed by atoms with Crippen molar-refractivity contribution in [3.05, 3.63) is 93.5 Å². The first kappa shape index (κ1) is 25.8. The summed E-state index contributed by atoms with van der Waals surface area (Å²) in [6, 6.07) is 20.3. The maximum atomic E-state index is 10.5. The highest BCUT2D eigenvalue weighted by atomic mass is 16.5. The number of hydrogen-bond donors (Lipinski definition) is 1. The van der Waals surface area contributed by atoms with Crippen molar-refractivity contribution in [2.75, 3.05) is 32.7 Å². The second kappa shape index (κ2) is 10.5. The second-order valence-electron chi connectivity index (χ2n) is 11.4. The van der Waals surface area contributed by atoms with Gasteiger partial charge in [0, 0.05) is 38.3 Å². The van der Waals surface area contributed by atoms with Crippen LogP contribution in [-0.2, 0) is 6.42 Å². The molecule has 2 aliphatic heterocycles. The lowest BCUT2D eigenvalue weighted by molar-refractivity contribution is 0.0331. The van der Waals surface area contributed by atoms with Crippen LogP contribution in [0.2, 0.25) is 0 Å². The fourth-order valence-corrected chi connectivity index (χ4v) is 6.11. The molecule has 0 spiro atoms. The van der Waals surface area contributed by atoms with E-state index in [9.17, 15) is 5.11 Å². The molecule has 3 aromatic carbocycles. The number of phenolic OH excluding ortho intramolecular Hbond substituents is 1. The summed E-state index contributed by atoms with van der Waals surface area (Å²) >= 11 is 0. The number of phenols is 1. The maximum absolute atomic E-state index is 10.5. The fourth-order valence-electron chi connectivity index (χ4n) is 6.11. The number of nitrogens with zero attached hydrogens (tertiary/aromatic N) is 2. The molecule has 4 heteroatoms. The van der Waals surface area contributed by atoms with E-state index in [1.807, 2.05) is 13.8 Å². The van der Waals surface area contributed by atoms with Gasteiger partial charge in [0.1, 0.15) is 17.1 Å². The van der Waals surface area contributed by atoms with Gasteiger partial charge >= 0.3 is 0 Å². The first-order chi connectivity index (χ1) is 17.8. The van der Waals surface area contributed by atoms with Crippen LogP contribution < -0.4 is 4.74 Å². The summed E-state index contributed by atoms with van der Waals surface area (Å²) in [5.41, 5.74) is 8.08. The van der Waals surface area contributed by atoms with Crippen LogP contribution in [0.1, 0.15) is 64.8 Å². The zero-order valence-electron chi connectivity index (χ0n) is 23.2. The molecule has 2 unspecified atom stereocenters. The van der Waals surface area contributed by atoms with Gasteiger partial charge in [-0.2, -0.15) is 0 Å². The Morgan fingerprint density at radius 1 is 0.838 bits per heavy atom. The summed E-state index contributed by atoms with van der Waals surface area (Å²) in [7, 11) is 0. The quantitative estimate of drug-likeness (QED) is 0.420. The van der Waals surface area contributed by atoms with Crippen molar-refractivity contribution < 1.29 is 9.84 Å². The van der Waals surface area contributed by atoms with E-state index in [1.54, 1.807) is 0 Å². The summed E-state index contributed by atoms with van der Waals surface area (Å²) in [6.45, 7) is 15.8. The number of hydrogen-bond acceptors (Lipinski definition) is 4. The molecule has 0 radical (unpaired) electrons. The summed E-state index contributed by atoms with van der Waals surface area (Å²) in [5, 5.41) is 10.5. The van der Waals surface area contributed by atoms with Crippen LogP contribution in [0.5, 0.6) is 11.5 Å². The SMILES string of the molecule is Cc1ccc(C(c2ccccc2)N2CCN(CCC3(C)CCc4c(C)c(O)c(C)c(C)c4O3)CC2)cc1. The van der Waals surface area contributed by atoms with Gasteiger partial charge in [-0.15, -0.1) is 0 Å². The highest BCUT2D eigenvalue weighted by Crippen LogP contribution is 2.44. The number of aryl methyl sites for hydroxylation is 1. The Morgan fingerprint density at radius 3 is 2.16 bits per heavy atom. The average Bonchev–Trinajstić information content (AvgIpc) is 2.92. The number of ether oxygens (including phenoxy) is 1. The predicted octanol–water partition coefficient (Wildman–Crippen LogP) is 6.51. The van der Waals surface area contributed by atoms with E-state index < -0.39 is 0 Å². The molecule has 1 fully saturated rings. The number of fused-ring (bicyclic) bond motifs is 1. The van der Waals surface area contributed by atoms with E-state index in [0.29, 0.717) is 11.8 Å². The molecule has 0 amide bonds. The smallest absolute Gasteiger partial charge is 0.127 e. The lowest BCUT2D eigenvalue weighted by Crippen LogP contribution is -2.49. The van der Waals surface area contributed by atoms with Gasteiger partial charge in [-0.25, -0.2) is 0 Å². The summed E-state index contributed by atoms with van der Waals surface area (Å²) in [4.78, 5) is 5.25. The van der Waals surface area contributed by atoms with Gasteiger partial charge in [-0.1, -0.05) is 60.2 Å². The van der Waals surface area contributed by atoms with Crippen LogP contribution in [0.3, 0.4) is 0 Å². The predicted molar refractivity (Wildman–Crippen MR) is 152 cm³/mol. The van der Waals surface area contributed by atoms with Crippen LogP contribution >= 0.6 is 0 Å². The maximum Gasteiger partial charge on any atom is 0.127 e. The van der Waals surface area contributed by atoms with Crippen molar-refractivity contribution in [1.29, 1.82) is 0 Å². The summed E-state index contributed by atoms with van der Waals surface area (Å²) in [5.74, 6) is 1.44. The lowest BCUT2D eigenvalue weighted by Gasteiger charge is -2.42. The topological polar surface area (TPSA) is 35.9 Å². The average molecular weight is 499 g/mol. The zero-order chi connectivity index (χ0) is 26.2. The molecule has 0 aromatic heterocycles. The minimum Gasteiger partial charge on any atom is -0.507 e. The second-order valence-corrected chi connectivity index (χ2v) is 11.4. The Bertz CT molecular complexity index is 1230. The molecule has 2 atom stereocenters. The van der Waals surface area contributed by atoms with Gasteiger partial charge in [0.2, 0.25) is 0 Å². The van der Waals surface area contributed by atoms with Crippen molar-refractivity contribution in [2.24, 2.45) is 0 Å². The first-order valence-electron chi connectivity index (χ1n) is 13.8. The van der Waals surface area contributed by atoms with Crippen molar-refractivity contribution in [3.8, 4) is 11.5 Å². The number of piperazine rings is 1. The number of aromatic hydroxyl groups is 1. The van der Waals surface area contributed by atoms with Crippen LogP contribution in [-0.4, -0.2) is 53.2 Å². The van der Waals surface area contributed by atoms with E-state index in [-0.39, 0.29) is 5.60 Å². The third kappa shape index (κ3) is 5.28. The van der Waals surface area contributed by atoms with Crippen LogP contribution in [0, 0.1) is 27.7 Å². The Hall–Kier alpha value is -2.82. The van der Waals surface area contributed by atoms with Gasteiger partial charge in [-0.05, 0) is 81.7 Å². The first-order valence-corrected chi connectivity index (χ1v) is 13.8. The van der Waals surface area contributed by atoms with Crippen LogP contribution in [0.25, 0.3) is 0 Å². The highest BCUT2D eigenvalue weighted by Gasteiger charge is 2.35. The van der Waals surface area contributed by atoms with Crippen LogP contribution in [0.4, 0.5) is 0 Å². The van der Waals surface area contributed by atoms with E-state index in [0.717, 1.165) is 74.4 Å². The van der Waals surface area contributed by atoms with Gasteiger partial charge in [0.15, 0.2) is 0 Å². The molecular weight excluding hydrogens is 456 g/mol. The Labute approximate surface area is 222 Å². The zero-order valence-corrected chi connectivity index (χ0v) is 23.2. The van der Waals surface area contributed by atoms with Crippen molar-refractivity contribution in [3.63, 3.8) is 0 Å². The summed E-state index contributed by atoms with van der Waals surface area (Å²) < 4.78 is 6.69. The minimum atomic E-state index is -0.167. The molecule has 1 N–H and O–H groups in total. The standard InChI is InChI=1S/C33H42N2O2/c1-23-11-13-28(14-12-23)30(27-9-7-6-8-10-27)35-21-19-34(20-22-35)18-17-33(5)16-15-29-26(4)31(36)24(2)25(3)32(29)37-33/h6-14,30,36H,15-22H2,1-5H3. The van der Waals surface area contributed by atoms with Crippen molar-refractivity contribution >= 4 is 0 Å². The Balaban J connectivity index is 1.23. The highest BCUT2D eigenvalue weighted by molar-refractivity contribution is 5.58. The molecule has 196 valence electrons. The molecule has 3 aromatic rings. The molecular formula is C33H42N2O2. The molecule has 2 aliphatic rings.